The summed E-state index contributed by atoms with van der Waals surface area (Å²) in [6, 6.07) is -5.35. The predicted molar refractivity (Wildman–Crippen MR) is 119 cm³/mol. The van der Waals surface area contributed by atoms with E-state index in [-0.39, 0.29) is 6.42 Å². The van der Waals surface area contributed by atoms with Gasteiger partial charge in [0, 0.05) is 18.3 Å². The Morgan fingerprint density at radius 2 is 1.65 bits per heavy atom. The number of aliphatic hydroxyl groups excluding tert-OH is 1. The van der Waals surface area contributed by atoms with Crippen LogP contribution in [0.1, 0.15) is 39.3 Å². The zero-order valence-corrected chi connectivity index (χ0v) is 19.3. The van der Waals surface area contributed by atoms with Crippen LogP contribution in [-0.2, 0) is 30.4 Å². The molecule has 0 fully saturated rings. The van der Waals surface area contributed by atoms with Gasteiger partial charge in [-0.3, -0.25) is 19.2 Å². The molecule has 0 saturated carbocycles. The van der Waals surface area contributed by atoms with Gasteiger partial charge in [0.25, 0.3) is 0 Å². The molecule has 0 spiro atoms. The molecule has 6 atom stereocenters. The number of carboxylic acid groups (broad SMARTS) is 1. The van der Waals surface area contributed by atoms with Crippen LogP contribution in [0, 0.1) is 5.92 Å². The molecule has 0 aromatic carbocycles. The maximum atomic E-state index is 13.0. The number of aromatic nitrogens is 2. The Morgan fingerprint density at radius 1 is 1.06 bits per heavy atom. The second-order valence-electron chi connectivity index (χ2n) is 8.05. The van der Waals surface area contributed by atoms with Crippen molar-refractivity contribution < 1.29 is 34.2 Å². The van der Waals surface area contributed by atoms with E-state index in [0.717, 1.165) is 0 Å². The fourth-order valence-corrected chi connectivity index (χ4v) is 2.93. The minimum atomic E-state index is -1.50. The third-order valence-electron chi connectivity index (χ3n) is 5.25. The number of aliphatic carboxylic acids is 1. The van der Waals surface area contributed by atoms with Crippen LogP contribution in [0.3, 0.4) is 0 Å². The van der Waals surface area contributed by atoms with Gasteiger partial charge in [-0.2, -0.15) is 0 Å². The SMILES string of the molecule is CCC(C)C(NC(=O)C(CC(N)=O)NC(=O)C(Cc1cnc[nH]1)NC(=O)C(N)C(C)O)C(=O)O. The van der Waals surface area contributed by atoms with Crippen LogP contribution in [0.15, 0.2) is 12.5 Å². The lowest BCUT2D eigenvalue weighted by molar-refractivity contribution is -0.144. The second-order valence-corrected chi connectivity index (χ2v) is 8.05. The van der Waals surface area contributed by atoms with Crippen LogP contribution in [0.4, 0.5) is 0 Å². The number of hydrogen-bond donors (Lipinski definition) is 8. The molecule has 10 N–H and O–H groups in total. The van der Waals surface area contributed by atoms with Gasteiger partial charge in [0.1, 0.15) is 24.2 Å². The lowest BCUT2D eigenvalue weighted by Gasteiger charge is -2.26. The van der Waals surface area contributed by atoms with Crippen molar-refractivity contribution in [3.63, 3.8) is 0 Å². The number of carbonyl (C=O) groups is 5. The summed E-state index contributed by atoms with van der Waals surface area (Å²) in [5.74, 6) is -5.23. The van der Waals surface area contributed by atoms with Crippen molar-refractivity contribution >= 4 is 29.6 Å². The number of amides is 4. The van der Waals surface area contributed by atoms with Crippen LogP contribution in [0.5, 0.6) is 0 Å². The first-order valence-electron chi connectivity index (χ1n) is 10.7. The van der Waals surface area contributed by atoms with Gasteiger partial charge >= 0.3 is 5.97 Å². The maximum Gasteiger partial charge on any atom is 0.326 e. The molecule has 14 heteroatoms. The number of hydrogen-bond acceptors (Lipinski definition) is 8. The maximum absolute atomic E-state index is 13.0. The van der Waals surface area contributed by atoms with Gasteiger partial charge < -0.3 is 42.6 Å². The fourth-order valence-electron chi connectivity index (χ4n) is 2.93. The van der Waals surface area contributed by atoms with Crippen molar-refractivity contribution in [1.82, 2.24) is 25.9 Å². The molecule has 190 valence electrons. The average Bonchev–Trinajstić information content (AvgIpc) is 3.27. The van der Waals surface area contributed by atoms with Crippen molar-refractivity contribution in [1.29, 1.82) is 0 Å². The van der Waals surface area contributed by atoms with E-state index in [9.17, 15) is 34.2 Å². The van der Waals surface area contributed by atoms with E-state index < -0.39 is 72.2 Å². The Kier molecular flexibility index (Phi) is 11.1. The molecule has 1 aromatic heterocycles. The molecular weight excluding hydrogens is 450 g/mol. The summed E-state index contributed by atoms with van der Waals surface area (Å²) in [6.07, 6.45) is 1.34. The molecule has 0 bridgehead atoms. The Bertz CT molecular complexity index is 859. The largest absolute Gasteiger partial charge is 0.480 e. The minimum Gasteiger partial charge on any atom is -0.480 e. The lowest BCUT2D eigenvalue weighted by atomic mass is 9.98. The van der Waals surface area contributed by atoms with Gasteiger partial charge in [-0.05, 0) is 12.8 Å². The van der Waals surface area contributed by atoms with Crippen LogP contribution in [-0.4, -0.2) is 80.1 Å². The highest BCUT2D eigenvalue weighted by atomic mass is 16.4. The van der Waals surface area contributed by atoms with Crippen molar-refractivity contribution in [3.05, 3.63) is 18.2 Å². The van der Waals surface area contributed by atoms with Gasteiger partial charge in [0.15, 0.2) is 0 Å². The minimum absolute atomic E-state index is 0.0837. The topological polar surface area (TPSA) is 243 Å². The highest BCUT2D eigenvalue weighted by Gasteiger charge is 2.33. The molecular formula is C20H33N7O7. The molecule has 0 radical (unpaired) electrons. The molecule has 0 aliphatic carbocycles. The second kappa shape index (κ2) is 13.3. The van der Waals surface area contributed by atoms with Crippen molar-refractivity contribution in [3.8, 4) is 0 Å². The van der Waals surface area contributed by atoms with Gasteiger partial charge in [-0.1, -0.05) is 20.3 Å². The number of rotatable bonds is 14. The van der Waals surface area contributed by atoms with Crippen LogP contribution < -0.4 is 27.4 Å². The molecule has 14 nitrogen and oxygen atoms in total. The number of aliphatic hydroxyl groups is 1. The van der Waals surface area contributed by atoms with Gasteiger partial charge in [-0.15, -0.1) is 0 Å². The van der Waals surface area contributed by atoms with Crippen molar-refractivity contribution in [2.24, 2.45) is 17.4 Å². The first kappa shape index (κ1) is 28.5. The normalized spacial score (nSPS) is 16.3. The zero-order chi connectivity index (χ0) is 26.0. The number of nitrogens with two attached hydrogens (primary N) is 2. The zero-order valence-electron chi connectivity index (χ0n) is 19.3. The van der Waals surface area contributed by atoms with Gasteiger partial charge in [0.05, 0.1) is 18.9 Å². The first-order chi connectivity index (χ1) is 15.9. The standard InChI is InChI=1S/C20H33N7O7/c1-4-9(2)16(20(33)34)27-18(31)13(6-14(21)29)25-17(30)12(5-11-7-23-8-24-11)26-19(32)15(22)10(3)28/h7-10,12-13,15-16,28H,4-6,22H2,1-3H3,(H2,21,29)(H,23,24)(H,25,30)(H,26,32)(H,27,31)(H,33,34). The molecule has 34 heavy (non-hydrogen) atoms. The summed E-state index contributed by atoms with van der Waals surface area (Å²) in [6.45, 7) is 4.68. The Hall–Kier alpha value is -3.52. The fraction of sp³-hybridized carbons (Fsp3) is 0.600. The third kappa shape index (κ3) is 8.78. The summed E-state index contributed by atoms with van der Waals surface area (Å²) >= 11 is 0. The number of carboxylic acids is 1. The smallest absolute Gasteiger partial charge is 0.326 e. The number of nitrogens with one attached hydrogen (secondary N) is 4. The van der Waals surface area contributed by atoms with Crippen LogP contribution in [0.2, 0.25) is 0 Å². The Balaban J connectivity index is 3.09. The summed E-state index contributed by atoms with van der Waals surface area (Å²) in [5, 5.41) is 26.0. The summed E-state index contributed by atoms with van der Waals surface area (Å²) < 4.78 is 0. The van der Waals surface area contributed by atoms with E-state index in [2.05, 4.69) is 25.9 Å². The number of imidazole rings is 1. The summed E-state index contributed by atoms with van der Waals surface area (Å²) in [7, 11) is 0. The van der Waals surface area contributed by atoms with Crippen LogP contribution >= 0.6 is 0 Å². The number of primary amides is 1. The van der Waals surface area contributed by atoms with E-state index in [1.807, 2.05) is 0 Å². The quantitative estimate of drug-likeness (QED) is 0.135. The van der Waals surface area contributed by atoms with E-state index in [4.69, 9.17) is 11.5 Å². The molecule has 1 aromatic rings. The van der Waals surface area contributed by atoms with Gasteiger partial charge in [0.2, 0.25) is 23.6 Å². The van der Waals surface area contributed by atoms with E-state index in [1.165, 1.54) is 19.4 Å². The molecule has 0 saturated heterocycles. The van der Waals surface area contributed by atoms with E-state index in [0.29, 0.717) is 12.1 Å². The predicted octanol–water partition coefficient (Wildman–Crippen LogP) is -2.88. The number of carbonyl (C=O) groups excluding carboxylic acids is 4. The number of aromatic amines is 1. The van der Waals surface area contributed by atoms with Gasteiger partial charge in [-0.25, -0.2) is 9.78 Å². The Labute approximate surface area is 196 Å². The Morgan fingerprint density at radius 3 is 2.12 bits per heavy atom. The molecule has 0 aliphatic heterocycles. The monoisotopic (exact) mass is 483 g/mol. The van der Waals surface area contributed by atoms with Crippen LogP contribution in [0.25, 0.3) is 0 Å². The lowest BCUT2D eigenvalue weighted by Crippen LogP contribution is -2.59. The number of H-pyrrole nitrogens is 1. The third-order valence-corrected chi connectivity index (χ3v) is 5.25. The summed E-state index contributed by atoms with van der Waals surface area (Å²) in [4.78, 5) is 67.8. The molecule has 6 unspecified atom stereocenters. The van der Waals surface area contributed by atoms with E-state index in [1.54, 1.807) is 13.8 Å². The summed E-state index contributed by atoms with van der Waals surface area (Å²) in [5.41, 5.74) is 11.3. The van der Waals surface area contributed by atoms with Crippen molar-refractivity contribution in [2.45, 2.75) is 70.3 Å². The number of nitrogens with zero attached hydrogens (tertiary/aromatic N) is 1. The first-order valence-corrected chi connectivity index (χ1v) is 10.7. The highest BCUT2D eigenvalue weighted by molar-refractivity contribution is 5.96. The molecule has 1 rings (SSSR count). The van der Waals surface area contributed by atoms with Crippen molar-refractivity contribution in [2.75, 3.05) is 0 Å². The van der Waals surface area contributed by atoms with E-state index >= 15 is 0 Å². The molecule has 4 amide bonds. The average molecular weight is 484 g/mol. The molecule has 1 heterocycles. The highest BCUT2D eigenvalue weighted by Crippen LogP contribution is 2.09. The molecule has 0 aliphatic rings.